The first-order valence-electron chi connectivity index (χ1n) is 3.84. The number of alkyl halides is 3. The molecule has 1 atom stereocenters. The summed E-state index contributed by atoms with van der Waals surface area (Å²) in [5.41, 5.74) is 5.03. The van der Waals surface area contributed by atoms with Crippen molar-refractivity contribution in [2.45, 2.75) is 37.9 Å². The number of nitrogens with two attached hydrogens (primary N) is 1. The number of rotatable bonds is 1. The van der Waals surface area contributed by atoms with Crippen molar-refractivity contribution < 1.29 is 13.2 Å². The van der Waals surface area contributed by atoms with Gasteiger partial charge in [0, 0.05) is 0 Å². The molecule has 74 valence electrons. The second kappa shape index (κ2) is 4.33. The van der Waals surface area contributed by atoms with Crippen LogP contribution in [0.4, 0.5) is 13.2 Å². The Morgan fingerprint density at radius 3 is 1.92 bits per heavy atom. The molecule has 1 aliphatic rings. The van der Waals surface area contributed by atoms with Gasteiger partial charge in [0.2, 0.25) is 0 Å². The van der Waals surface area contributed by atoms with Gasteiger partial charge < -0.3 is 5.73 Å². The van der Waals surface area contributed by atoms with Crippen molar-refractivity contribution in [2.75, 3.05) is 0 Å². The molecule has 12 heavy (non-hydrogen) atoms. The highest BCUT2D eigenvalue weighted by Crippen LogP contribution is 2.34. The second-order valence-corrected chi connectivity index (χ2v) is 3.11. The van der Waals surface area contributed by atoms with Crippen LogP contribution < -0.4 is 5.73 Å². The van der Waals surface area contributed by atoms with E-state index in [1.807, 2.05) is 0 Å². The van der Waals surface area contributed by atoms with Gasteiger partial charge in [-0.1, -0.05) is 12.8 Å². The van der Waals surface area contributed by atoms with Crippen LogP contribution in [0.5, 0.6) is 0 Å². The number of hydrogen-bond donors (Lipinski definition) is 1. The summed E-state index contributed by atoms with van der Waals surface area (Å²) in [6, 6.07) is -1.59. The van der Waals surface area contributed by atoms with Gasteiger partial charge >= 0.3 is 6.18 Å². The Kier molecular flexibility index (Phi) is 4.34. The molecule has 1 rings (SSSR count). The Bertz CT molecular complexity index is 131. The van der Waals surface area contributed by atoms with Crippen LogP contribution in [-0.2, 0) is 0 Å². The molecular weight excluding hydrogens is 191 g/mol. The van der Waals surface area contributed by atoms with Gasteiger partial charge in [0.25, 0.3) is 0 Å². The third kappa shape index (κ3) is 2.83. The van der Waals surface area contributed by atoms with E-state index in [2.05, 4.69) is 0 Å². The van der Waals surface area contributed by atoms with E-state index >= 15 is 0 Å². The summed E-state index contributed by atoms with van der Waals surface area (Å²) in [5, 5.41) is 0. The molecule has 0 amide bonds. The fourth-order valence-corrected chi connectivity index (χ4v) is 1.58. The third-order valence-corrected chi connectivity index (χ3v) is 2.29. The van der Waals surface area contributed by atoms with Crippen LogP contribution in [0.25, 0.3) is 0 Å². The summed E-state index contributed by atoms with van der Waals surface area (Å²) in [6.07, 6.45) is -1.13. The van der Waals surface area contributed by atoms with Crippen LogP contribution in [-0.4, -0.2) is 12.2 Å². The van der Waals surface area contributed by atoms with E-state index in [1.54, 1.807) is 0 Å². The molecule has 0 radical (unpaired) electrons. The van der Waals surface area contributed by atoms with Crippen LogP contribution in [0.15, 0.2) is 0 Å². The van der Waals surface area contributed by atoms with Gasteiger partial charge in [0.1, 0.15) is 6.04 Å². The molecule has 5 heteroatoms. The van der Waals surface area contributed by atoms with Crippen molar-refractivity contribution in [3.63, 3.8) is 0 Å². The molecule has 0 aliphatic heterocycles. The molecule has 0 aromatic heterocycles. The maximum Gasteiger partial charge on any atom is 0.403 e. The second-order valence-electron chi connectivity index (χ2n) is 3.11. The van der Waals surface area contributed by atoms with Crippen LogP contribution in [0.3, 0.4) is 0 Å². The summed E-state index contributed by atoms with van der Waals surface area (Å²) in [5.74, 6) is -0.324. The normalized spacial score (nSPS) is 22.0. The molecule has 0 bridgehead atoms. The van der Waals surface area contributed by atoms with E-state index in [1.165, 1.54) is 0 Å². The van der Waals surface area contributed by atoms with E-state index in [9.17, 15) is 13.2 Å². The zero-order valence-corrected chi connectivity index (χ0v) is 7.42. The van der Waals surface area contributed by atoms with Gasteiger partial charge in [0.15, 0.2) is 0 Å². The van der Waals surface area contributed by atoms with Gasteiger partial charge in [-0.2, -0.15) is 13.2 Å². The van der Waals surface area contributed by atoms with Crippen molar-refractivity contribution in [3.8, 4) is 0 Å². The molecular formula is C7H13ClF3N. The van der Waals surface area contributed by atoms with Gasteiger partial charge in [-0.15, -0.1) is 12.4 Å². The minimum Gasteiger partial charge on any atom is -0.320 e. The monoisotopic (exact) mass is 203 g/mol. The first-order chi connectivity index (χ1) is 5.02. The van der Waals surface area contributed by atoms with E-state index in [0.29, 0.717) is 12.8 Å². The van der Waals surface area contributed by atoms with E-state index < -0.39 is 12.2 Å². The summed E-state index contributed by atoms with van der Waals surface area (Å²) in [4.78, 5) is 0. The quantitative estimate of drug-likeness (QED) is 0.696. The highest BCUT2D eigenvalue weighted by molar-refractivity contribution is 5.85. The largest absolute Gasteiger partial charge is 0.403 e. The molecule has 0 aromatic rings. The Morgan fingerprint density at radius 1 is 1.17 bits per heavy atom. The fourth-order valence-electron chi connectivity index (χ4n) is 1.58. The molecule has 0 heterocycles. The lowest BCUT2D eigenvalue weighted by Gasteiger charge is -2.21. The van der Waals surface area contributed by atoms with Gasteiger partial charge in [-0.3, -0.25) is 0 Å². The lowest BCUT2D eigenvalue weighted by atomic mass is 9.99. The zero-order chi connectivity index (χ0) is 8.48. The minimum atomic E-state index is -4.20. The van der Waals surface area contributed by atoms with Crippen molar-refractivity contribution in [3.05, 3.63) is 0 Å². The average Bonchev–Trinajstić information content (AvgIpc) is 2.34. The van der Waals surface area contributed by atoms with E-state index in [-0.39, 0.29) is 18.3 Å². The maximum absolute atomic E-state index is 12.0. The SMILES string of the molecule is Cl.N[C@@H](C1CCCC1)C(F)(F)F. The van der Waals surface area contributed by atoms with Gasteiger partial charge in [-0.05, 0) is 18.8 Å². The Labute approximate surface area is 75.9 Å². The van der Waals surface area contributed by atoms with Crippen LogP contribution in [0.1, 0.15) is 25.7 Å². The predicted octanol–water partition coefficient (Wildman–Crippen LogP) is 2.49. The highest BCUT2D eigenvalue weighted by Gasteiger charge is 2.42. The molecule has 0 spiro atoms. The standard InChI is InChI=1S/C7H12F3N.ClH/c8-7(9,10)6(11)5-3-1-2-4-5;/h5-6H,1-4,11H2;1H/t6-;/m0./s1. The van der Waals surface area contributed by atoms with Gasteiger partial charge in [0.05, 0.1) is 0 Å². The zero-order valence-electron chi connectivity index (χ0n) is 6.60. The topological polar surface area (TPSA) is 26.0 Å². The molecule has 1 fully saturated rings. The minimum absolute atomic E-state index is 0. The summed E-state index contributed by atoms with van der Waals surface area (Å²) >= 11 is 0. The average molecular weight is 204 g/mol. The number of halogens is 4. The molecule has 1 nitrogen and oxygen atoms in total. The molecule has 1 aliphatic carbocycles. The lowest BCUT2D eigenvalue weighted by Crippen LogP contribution is -2.42. The predicted molar refractivity (Wildman–Crippen MR) is 43.2 cm³/mol. The first-order valence-corrected chi connectivity index (χ1v) is 3.84. The van der Waals surface area contributed by atoms with Crippen molar-refractivity contribution in [2.24, 2.45) is 11.7 Å². The fraction of sp³-hybridized carbons (Fsp3) is 1.00. The molecule has 2 N–H and O–H groups in total. The molecule has 1 saturated carbocycles. The Morgan fingerprint density at radius 2 is 1.58 bits per heavy atom. The van der Waals surface area contributed by atoms with E-state index in [0.717, 1.165) is 12.8 Å². The van der Waals surface area contributed by atoms with Crippen LogP contribution >= 0.6 is 12.4 Å². The van der Waals surface area contributed by atoms with Gasteiger partial charge in [-0.25, -0.2) is 0 Å². The van der Waals surface area contributed by atoms with Crippen molar-refractivity contribution in [1.29, 1.82) is 0 Å². The Hall–Kier alpha value is 0.0400. The third-order valence-electron chi connectivity index (χ3n) is 2.29. The van der Waals surface area contributed by atoms with Crippen LogP contribution in [0, 0.1) is 5.92 Å². The first kappa shape index (κ1) is 12.0. The van der Waals surface area contributed by atoms with E-state index in [4.69, 9.17) is 5.73 Å². The maximum atomic E-state index is 12.0. The molecule has 0 aromatic carbocycles. The van der Waals surface area contributed by atoms with Crippen LogP contribution in [0.2, 0.25) is 0 Å². The summed E-state index contributed by atoms with van der Waals surface area (Å²) in [6.45, 7) is 0. The van der Waals surface area contributed by atoms with Crippen molar-refractivity contribution in [1.82, 2.24) is 0 Å². The lowest BCUT2D eigenvalue weighted by molar-refractivity contribution is -0.158. The molecule has 0 unspecified atom stereocenters. The smallest absolute Gasteiger partial charge is 0.320 e. The summed E-state index contributed by atoms with van der Waals surface area (Å²) < 4.78 is 35.9. The Balaban J connectivity index is 0.00000121. The number of hydrogen-bond acceptors (Lipinski definition) is 1. The highest BCUT2D eigenvalue weighted by atomic mass is 35.5. The van der Waals surface area contributed by atoms with Crippen molar-refractivity contribution >= 4 is 12.4 Å². The summed E-state index contributed by atoms with van der Waals surface area (Å²) in [7, 11) is 0. The molecule has 0 saturated heterocycles.